The largest absolute Gasteiger partial charge is 0.467 e. The van der Waals surface area contributed by atoms with E-state index in [2.05, 4.69) is 14.8 Å². The van der Waals surface area contributed by atoms with Crippen molar-refractivity contribution in [1.29, 1.82) is 0 Å². The fraction of sp³-hybridized carbons (Fsp3) is 0.333. The van der Waals surface area contributed by atoms with Crippen LogP contribution in [0.3, 0.4) is 0 Å². The zero-order chi connectivity index (χ0) is 23.9. The first-order valence-corrected chi connectivity index (χ1v) is 8.68. The molecule has 0 bridgehead atoms. The minimum absolute atomic E-state index is 0.0225. The lowest BCUT2D eigenvalue weighted by Gasteiger charge is -2.41. The molecule has 172 valence electrons. The Balaban J connectivity index is 1.78. The van der Waals surface area contributed by atoms with Crippen LogP contribution in [0, 0.1) is 0 Å². The number of carbonyl (C=O) groups excluding carboxylic acids is 2. The summed E-state index contributed by atoms with van der Waals surface area (Å²) < 4.78 is 97.1. The average molecular weight is 466 g/mol. The zero-order valence-electron chi connectivity index (χ0n) is 16.0. The van der Waals surface area contributed by atoms with Crippen LogP contribution in [0.4, 0.5) is 30.7 Å². The number of halogens is 7. The summed E-state index contributed by atoms with van der Waals surface area (Å²) in [5.74, 6) is -2.28. The topological polar surface area (TPSA) is 77.3 Å². The number of methoxy groups -OCH3 is 1. The molecule has 0 radical (unpaired) electrons. The van der Waals surface area contributed by atoms with E-state index in [-0.39, 0.29) is 6.07 Å². The average Bonchev–Trinajstić information content (AvgIpc) is 3.16. The minimum atomic E-state index is -5.03. The van der Waals surface area contributed by atoms with Gasteiger partial charge in [-0.2, -0.15) is 26.3 Å². The van der Waals surface area contributed by atoms with Gasteiger partial charge in [0.1, 0.15) is 6.33 Å². The van der Waals surface area contributed by atoms with Crippen molar-refractivity contribution < 1.29 is 45.1 Å². The number of nitrogens with zero attached hydrogens (tertiary/aromatic N) is 4. The Morgan fingerprint density at radius 2 is 1.62 bits per heavy atom. The summed E-state index contributed by atoms with van der Waals surface area (Å²) in [5.41, 5.74) is -5.89. The summed E-state index contributed by atoms with van der Waals surface area (Å²) in [6.07, 6.45) is -7.16. The van der Waals surface area contributed by atoms with Crippen molar-refractivity contribution in [1.82, 2.24) is 19.7 Å². The number of hydrogen-bond donors (Lipinski definition) is 0. The van der Waals surface area contributed by atoms with Gasteiger partial charge in [-0.3, -0.25) is 4.79 Å². The van der Waals surface area contributed by atoms with Gasteiger partial charge < -0.3 is 9.64 Å². The van der Waals surface area contributed by atoms with E-state index < -0.39 is 65.5 Å². The third-order valence-corrected chi connectivity index (χ3v) is 4.47. The van der Waals surface area contributed by atoms with Crippen LogP contribution in [0.25, 0.3) is 17.6 Å². The highest BCUT2D eigenvalue weighted by molar-refractivity contribution is 5.93. The molecule has 1 aliphatic heterocycles. The molecule has 2 heterocycles. The molecule has 0 atom stereocenters. The monoisotopic (exact) mass is 466 g/mol. The maximum Gasteiger partial charge on any atom is 0.416 e. The van der Waals surface area contributed by atoms with Gasteiger partial charge in [0.05, 0.1) is 31.3 Å². The Hall–Kier alpha value is -3.45. The van der Waals surface area contributed by atoms with Gasteiger partial charge in [0.25, 0.3) is 0 Å². The molecule has 1 aromatic heterocycles. The Morgan fingerprint density at radius 3 is 2.12 bits per heavy atom. The van der Waals surface area contributed by atoms with E-state index in [1.165, 1.54) is 0 Å². The summed E-state index contributed by atoms with van der Waals surface area (Å²) in [5, 5.41) is 3.74. The fourth-order valence-corrected chi connectivity index (χ4v) is 2.84. The Labute approximate surface area is 175 Å². The molecule has 0 aliphatic carbocycles. The second-order valence-electron chi connectivity index (χ2n) is 6.81. The van der Waals surface area contributed by atoms with Gasteiger partial charge in [-0.15, -0.1) is 5.10 Å². The van der Waals surface area contributed by atoms with Crippen molar-refractivity contribution in [3.63, 3.8) is 0 Å². The van der Waals surface area contributed by atoms with E-state index in [9.17, 15) is 40.3 Å². The predicted molar refractivity (Wildman–Crippen MR) is 93.2 cm³/mol. The third-order valence-electron chi connectivity index (χ3n) is 4.47. The van der Waals surface area contributed by atoms with Gasteiger partial charge in [-0.1, -0.05) is 0 Å². The molecule has 32 heavy (non-hydrogen) atoms. The molecule has 1 fully saturated rings. The lowest BCUT2D eigenvalue weighted by atomic mass is 9.96. The second kappa shape index (κ2) is 7.91. The van der Waals surface area contributed by atoms with Crippen LogP contribution < -0.4 is 0 Å². The smallest absolute Gasteiger partial charge is 0.416 e. The van der Waals surface area contributed by atoms with Crippen molar-refractivity contribution in [3.8, 4) is 11.4 Å². The van der Waals surface area contributed by atoms with E-state index in [0.717, 1.165) is 35.3 Å². The zero-order valence-corrected chi connectivity index (χ0v) is 16.0. The van der Waals surface area contributed by atoms with E-state index >= 15 is 0 Å². The summed E-state index contributed by atoms with van der Waals surface area (Å²) in [6, 6.07) is 0.917. The quantitative estimate of drug-likeness (QED) is 0.393. The van der Waals surface area contributed by atoms with Crippen molar-refractivity contribution in [3.05, 3.63) is 41.7 Å². The van der Waals surface area contributed by atoms with Crippen LogP contribution in [-0.4, -0.2) is 57.4 Å². The number of ether oxygens (including phenoxy) is 1. The van der Waals surface area contributed by atoms with Crippen LogP contribution in [-0.2, 0) is 26.7 Å². The molecule has 14 heteroatoms. The van der Waals surface area contributed by atoms with Crippen LogP contribution in [0.15, 0.2) is 30.6 Å². The highest BCUT2D eigenvalue weighted by Crippen LogP contribution is 2.38. The summed E-state index contributed by atoms with van der Waals surface area (Å²) in [6.45, 7) is -1.06. The molecule has 0 saturated carbocycles. The van der Waals surface area contributed by atoms with Gasteiger partial charge in [0.2, 0.25) is 11.6 Å². The lowest BCUT2D eigenvalue weighted by molar-refractivity contribution is -0.170. The number of esters is 1. The Morgan fingerprint density at radius 1 is 1.06 bits per heavy atom. The summed E-state index contributed by atoms with van der Waals surface area (Å²) in [7, 11) is 0.998. The first kappa shape index (κ1) is 23.2. The van der Waals surface area contributed by atoms with Gasteiger partial charge in [-0.05, 0) is 18.2 Å². The Kier molecular flexibility index (Phi) is 5.74. The minimum Gasteiger partial charge on any atom is -0.467 e. The third kappa shape index (κ3) is 4.73. The van der Waals surface area contributed by atoms with Crippen molar-refractivity contribution in [2.24, 2.45) is 0 Å². The highest BCUT2D eigenvalue weighted by atomic mass is 19.4. The number of likely N-dealkylation sites (tertiary alicyclic amines) is 1. The molecule has 1 saturated heterocycles. The second-order valence-corrected chi connectivity index (χ2v) is 6.81. The van der Waals surface area contributed by atoms with Crippen molar-refractivity contribution in [2.45, 2.75) is 18.0 Å². The number of aromatic nitrogens is 3. The molecule has 1 aromatic carbocycles. The van der Waals surface area contributed by atoms with Crippen LogP contribution >= 0.6 is 0 Å². The van der Waals surface area contributed by atoms with Gasteiger partial charge in [0, 0.05) is 17.8 Å². The summed E-state index contributed by atoms with van der Waals surface area (Å²) in [4.78, 5) is 27.9. The fourth-order valence-electron chi connectivity index (χ4n) is 2.84. The molecule has 3 rings (SSSR count). The van der Waals surface area contributed by atoms with E-state index in [1.807, 2.05) is 0 Å². The molecule has 1 amide bonds. The number of hydrogen-bond acceptors (Lipinski definition) is 5. The molecule has 0 N–H and O–H groups in total. The maximum absolute atomic E-state index is 14.0. The maximum atomic E-state index is 14.0. The van der Waals surface area contributed by atoms with Crippen molar-refractivity contribution >= 4 is 18.1 Å². The normalized spacial score (nSPS) is 16.2. The van der Waals surface area contributed by atoms with E-state index in [1.54, 1.807) is 0 Å². The van der Waals surface area contributed by atoms with Crippen molar-refractivity contribution in [2.75, 3.05) is 20.2 Å². The SMILES string of the molecule is COC(=O)C1(F)CN(C(=O)/C=C/n2cnc(-c3cc(C(F)(F)F)cc(C(F)(F)F)c3)n2)C1. The van der Waals surface area contributed by atoms with Gasteiger partial charge >= 0.3 is 18.3 Å². The number of benzene rings is 1. The molecular weight excluding hydrogens is 453 g/mol. The first-order chi connectivity index (χ1) is 14.7. The number of amides is 1. The van der Waals surface area contributed by atoms with E-state index in [4.69, 9.17) is 0 Å². The van der Waals surface area contributed by atoms with Crippen LogP contribution in [0.1, 0.15) is 11.1 Å². The molecule has 2 aromatic rings. The standard InChI is InChI=1S/C18H13F7N4O3/c1-32-15(31)16(19)7-28(8-16)13(30)2-3-29-9-26-14(27-29)10-4-11(17(20,21)22)6-12(5-10)18(23,24)25/h2-6,9H,7-8H2,1H3/b3-2+. The first-order valence-electron chi connectivity index (χ1n) is 8.68. The predicted octanol–water partition coefficient (Wildman–Crippen LogP) is 3.18. The molecule has 1 aliphatic rings. The van der Waals surface area contributed by atoms with Crippen LogP contribution in [0.5, 0.6) is 0 Å². The lowest BCUT2D eigenvalue weighted by Crippen LogP contribution is -2.64. The van der Waals surface area contributed by atoms with Gasteiger partial charge in [0.15, 0.2) is 5.82 Å². The van der Waals surface area contributed by atoms with E-state index in [0.29, 0.717) is 12.1 Å². The number of carbonyl (C=O) groups is 2. The van der Waals surface area contributed by atoms with Gasteiger partial charge in [-0.25, -0.2) is 18.9 Å². The summed E-state index contributed by atoms with van der Waals surface area (Å²) >= 11 is 0. The van der Waals surface area contributed by atoms with Crippen LogP contribution in [0.2, 0.25) is 0 Å². The molecular formula is C18H13F7N4O3. The number of alkyl halides is 7. The number of rotatable bonds is 4. The highest BCUT2D eigenvalue weighted by Gasteiger charge is 2.52. The molecule has 0 spiro atoms. The molecule has 0 unspecified atom stereocenters. The molecule has 7 nitrogen and oxygen atoms in total. The Bertz CT molecular complexity index is 1040.